The monoisotopic (exact) mass is 194 g/mol. The third-order valence-electron chi connectivity index (χ3n) is 3.23. The second-order valence-electron chi connectivity index (χ2n) is 4.48. The lowest BCUT2D eigenvalue weighted by atomic mass is 9.71. The van der Waals surface area contributed by atoms with Gasteiger partial charge >= 0.3 is 0 Å². The molecule has 1 N–H and O–H groups in total. The van der Waals surface area contributed by atoms with E-state index < -0.39 is 5.60 Å². The summed E-state index contributed by atoms with van der Waals surface area (Å²) in [5, 5.41) is 9.91. The summed E-state index contributed by atoms with van der Waals surface area (Å²) in [5.41, 5.74) is -0.634. The first-order valence-electron chi connectivity index (χ1n) is 5.91. The Hall–Kier alpha value is -0.480. The van der Waals surface area contributed by atoms with E-state index in [1.54, 1.807) is 0 Å². The molecule has 0 unspecified atom stereocenters. The highest BCUT2D eigenvalue weighted by molar-refractivity contribution is 5.19. The maximum absolute atomic E-state index is 9.91. The second-order valence-corrected chi connectivity index (χ2v) is 4.48. The minimum absolute atomic E-state index is 0.380. The van der Waals surface area contributed by atoms with Gasteiger partial charge in [-0.3, -0.25) is 0 Å². The Morgan fingerprint density at radius 2 is 2.14 bits per heavy atom. The quantitative estimate of drug-likeness (QED) is 0.538. The maximum atomic E-state index is 9.91. The van der Waals surface area contributed by atoms with Gasteiger partial charge < -0.3 is 5.11 Å². The zero-order valence-corrected chi connectivity index (χ0v) is 9.47. The molecule has 2 atom stereocenters. The van der Waals surface area contributed by atoms with Gasteiger partial charge in [0.25, 0.3) is 0 Å². The Kier molecular flexibility index (Phi) is 4.48. The maximum Gasteiger partial charge on any atom is 0.128 e. The highest BCUT2D eigenvalue weighted by Crippen LogP contribution is 2.37. The summed E-state index contributed by atoms with van der Waals surface area (Å²) < 4.78 is 0. The third kappa shape index (κ3) is 3.03. The van der Waals surface area contributed by atoms with E-state index in [9.17, 15) is 5.11 Å². The summed E-state index contributed by atoms with van der Waals surface area (Å²) in [7, 11) is 0. The highest BCUT2D eigenvalue weighted by atomic mass is 16.3. The summed E-state index contributed by atoms with van der Waals surface area (Å²) in [6.07, 6.45) is 7.99. The van der Waals surface area contributed by atoms with Crippen molar-refractivity contribution in [1.29, 1.82) is 0 Å². The zero-order valence-electron chi connectivity index (χ0n) is 9.47. The zero-order chi connectivity index (χ0) is 10.4. The van der Waals surface area contributed by atoms with Gasteiger partial charge in [-0.1, -0.05) is 39.0 Å². The molecule has 1 fully saturated rings. The van der Waals surface area contributed by atoms with E-state index in [4.69, 9.17) is 0 Å². The van der Waals surface area contributed by atoms with Crippen molar-refractivity contribution in [3.05, 3.63) is 0 Å². The molecule has 1 heteroatoms. The van der Waals surface area contributed by atoms with Gasteiger partial charge in [0.1, 0.15) is 5.60 Å². The fourth-order valence-corrected chi connectivity index (χ4v) is 1.75. The molecular weight excluding hydrogens is 172 g/mol. The molecule has 0 spiro atoms. The van der Waals surface area contributed by atoms with Crippen LogP contribution in [0, 0.1) is 17.8 Å². The SMILES string of the molecule is CCCCCCC#C[C@@]1(O)CC[C@H]1C. The van der Waals surface area contributed by atoms with Crippen molar-refractivity contribution in [2.24, 2.45) is 5.92 Å². The highest BCUT2D eigenvalue weighted by Gasteiger charge is 2.40. The average Bonchev–Trinajstić information content (AvgIpc) is 2.20. The Bertz CT molecular complexity index is 223. The van der Waals surface area contributed by atoms with Gasteiger partial charge in [0.05, 0.1) is 0 Å². The van der Waals surface area contributed by atoms with Gasteiger partial charge in [-0.2, -0.15) is 0 Å². The van der Waals surface area contributed by atoms with Gasteiger partial charge in [0, 0.05) is 6.42 Å². The molecular formula is C13H22O. The third-order valence-corrected chi connectivity index (χ3v) is 3.23. The molecule has 0 bridgehead atoms. The molecule has 1 rings (SSSR count). The first-order chi connectivity index (χ1) is 6.69. The van der Waals surface area contributed by atoms with Crippen LogP contribution in [0.3, 0.4) is 0 Å². The topological polar surface area (TPSA) is 20.2 Å². The molecule has 0 aromatic heterocycles. The minimum Gasteiger partial charge on any atom is -0.377 e. The van der Waals surface area contributed by atoms with Crippen LogP contribution in [0.15, 0.2) is 0 Å². The van der Waals surface area contributed by atoms with Crippen molar-refractivity contribution < 1.29 is 5.11 Å². The molecule has 1 saturated carbocycles. The van der Waals surface area contributed by atoms with Crippen LogP contribution < -0.4 is 0 Å². The lowest BCUT2D eigenvalue weighted by molar-refractivity contribution is -0.0332. The largest absolute Gasteiger partial charge is 0.377 e. The molecule has 0 radical (unpaired) electrons. The van der Waals surface area contributed by atoms with Crippen LogP contribution in [-0.4, -0.2) is 10.7 Å². The standard InChI is InChI=1S/C13H22O/c1-3-4-5-6-7-8-10-13(14)11-9-12(13)2/h12,14H,3-7,9,11H2,1-2H3/t12-,13-/m1/s1. The fourth-order valence-electron chi connectivity index (χ4n) is 1.75. The van der Waals surface area contributed by atoms with E-state index in [1.165, 1.54) is 25.7 Å². The Morgan fingerprint density at radius 1 is 1.36 bits per heavy atom. The number of hydrogen-bond donors (Lipinski definition) is 1. The van der Waals surface area contributed by atoms with Gasteiger partial charge in [-0.05, 0) is 25.2 Å². The van der Waals surface area contributed by atoms with E-state index >= 15 is 0 Å². The van der Waals surface area contributed by atoms with Gasteiger partial charge in [0.2, 0.25) is 0 Å². The molecule has 80 valence electrons. The van der Waals surface area contributed by atoms with Crippen LogP contribution in [0.4, 0.5) is 0 Å². The first kappa shape index (κ1) is 11.6. The number of aliphatic hydroxyl groups is 1. The second kappa shape index (κ2) is 5.41. The fraction of sp³-hybridized carbons (Fsp3) is 0.846. The summed E-state index contributed by atoms with van der Waals surface area (Å²) in [6, 6.07) is 0. The van der Waals surface area contributed by atoms with Crippen LogP contribution in [0.1, 0.15) is 58.8 Å². The minimum atomic E-state index is -0.634. The molecule has 0 saturated heterocycles. The van der Waals surface area contributed by atoms with Crippen molar-refractivity contribution >= 4 is 0 Å². The Labute approximate surface area is 87.9 Å². The molecule has 14 heavy (non-hydrogen) atoms. The molecule has 1 aliphatic rings. The van der Waals surface area contributed by atoms with Crippen molar-refractivity contribution in [3.8, 4) is 11.8 Å². The van der Waals surface area contributed by atoms with Crippen LogP contribution in [0.25, 0.3) is 0 Å². The van der Waals surface area contributed by atoms with Gasteiger partial charge in [-0.15, -0.1) is 5.92 Å². The molecule has 0 amide bonds. The summed E-state index contributed by atoms with van der Waals surface area (Å²) in [6.45, 7) is 4.29. The van der Waals surface area contributed by atoms with E-state index in [2.05, 4.69) is 25.7 Å². The van der Waals surface area contributed by atoms with E-state index in [0.29, 0.717) is 5.92 Å². The Balaban J connectivity index is 2.14. The molecule has 0 heterocycles. The van der Waals surface area contributed by atoms with Crippen LogP contribution in [-0.2, 0) is 0 Å². The van der Waals surface area contributed by atoms with Gasteiger partial charge in [-0.25, -0.2) is 0 Å². The number of rotatable bonds is 4. The number of unbranched alkanes of at least 4 members (excludes halogenated alkanes) is 4. The average molecular weight is 194 g/mol. The van der Waals surface area contributed by atoms with Crippen LogP contribution >= 0.6 is 0 Å². The lowest BCUT2D eigenvalue weighted by Gasteiger charge is -2.39. The van der Waals surface area contributed by atoms with E-state index in [0.717, 1.165) is 19.3 Å². The normalized spacial score (nSPS) is 30.4. The lowest BCUT2D eigenvalue weighted by Crippen LogP contribution is -2.44. The van der Waals surface area contributed by atoms with E-state index in [-0.39, 0.29) is 0 Å². The van der Waals surface area contributed by atoms with Crippen molar-refractivity contribution in [2.75, 3.05) is 0 Å². The number of hydrogen-bond acceptors (Lipinski definition) is 1. The predicted octanol–water partition coefficient (Wildman–Crippen LogP) is 3.12. The van der Waals surface area contributed by atoms with Crippen molar-refractivity contribution in [3.63, 3.8) is 0 Å². The smallest absolute Gasteiger partial charge is 0.128 e. The van der Waals surface area contributed by atoms with Crippen molar-refractivity contribution in [2.45, 2.75) is 64.4 Å². The summed E-state index contributed by atoms with van der Waals surface area (Å²) in [4.78, 5) is 0. The molecule has 0 aliphatic heterocycles. The van der Waals surface area contributed by atoms with Crippen LogP contribution in [0.2, 0.25) is 0 Å². The summed E-state index contributed by atoms with van der Waals surface area (Å²) in [5.74, 6) is 6.53. The van der Waals surface area contributed by atoms with Crippen molar-refractivity contribution in [1.82, 2.24) is 0 Å². The van der Waals surface area contributed by atoms with Crippen LogP contribution in [0.5, 0.6) is 0 Å². The van der Waals surface area contributed by atoms with E-state index in [1.807, 2.05) is 0 Å². The first-order valence-corrected chi connectivity index (χ1v) is 5.91. The van der Waals surface area contributed by atoms with Gasteiger partial charge in [0.15, 0.2) is 0 Å². The molecule has 1 nitrogen and oxygen atoms in total. The molecule has 0 aromatic carbocycles. The molecule has 0 aromatic rings. The summed E-state index contributed by atoms with van der Waals surface area (Å²) >= 11 is 0. The Morgan fingerprint density at radius 3 is 2.64 bits per heavy atom. The predicted molar refractivity (Wildman–Crippen MR) is 59.9 cm³/mol. The molecule has 1 aliphatic carbocycles.